The Labute approximate surface area is 169 Å². The van der Waals surface area contributed by atoms with E-state index < -0.39 is 18.5 Å². The van der Waals surface area contributed by atoms with Gasteiger partial charge in [-0.25, -0.2) is 4.79 Å². The fraction of sp³-hybridized carbons (Fsp3) is 0.130. The monoisotopic (exact) mass is 391 g/mol. The van der Waals surface area contributed by atoms with Crippen molar-refractivity contribution in [1.82, 2.24) is 0 Å². The van der Waals surface area contributed by atoms with Crippen LogP contribution in [0.1, 0.15) is 0 Å². The lowest BCUT2D eigenvalue weighted by Gasteiger charge is -2.10. The van der Waals surface area contributed by atoms with E-state index in [1.807, 2.05) is 42.5 Å². The Hall–Kier alpha value is -3.80. The van der Waals surface area contributed by atoms with Gasteiger partial charge in [0.25, 0.3) is 5.91 Å². The third-order valence-electron chi connectivity index (χ3n) is 4.05. The van der Waals surface area contributed by atoms with Crippen molar-refractivity contribution in [2.75, 3.05) is 25.6 Å². The highest BCUT2D eigenvalue weighted by molar-refractivity contribution is 5.93. The number of para-hydroxylation sites is 2. The average Bonchev–Trinajstić information content (AvgIpc) is 2.77. The lowest BCUT2D eigenvalue weighted by Crippen LogP contribution is -2.23. The van der Waals surface area contributed by atoms with Crippen LogP contribution in [0, 0.1) is 0 Å². The fourth-order valence-corrected chi connectivity index (χ4v) is 2.64. The van der Waals surface area contributed by atoms with Crippen LogP contribution in [-0.2, 0) is 14.3 Å². The predicted octanol–water partition coefficient (Wildman–Crippen LogP) is 3.92. The molecule has 6 heteroatoms. The van der Waals surface area contributed by atoms with Crippen molar-refractivity contribution in [1.29, 1.82) is 0 Å². The van der Waals surface area contributed by atoms with Gasteiger partial charge in [-0.15, -0.1) is 0 Å². The van der Waals surface area contributed by atoms with Crippen molar-refractivity contribution in [2.24, 2.45) is 0 Å². The number of anilines is 1. The molecule has 0 heterocycles. The summed E-state index contributed by atoms with van der Waals surface area (Å²) in [6.45, 7) is -0.714. The minimum atomic E-state index is -0.648. The molecule has 0 aliphatic heterocycles. The Bertz CT molecular complexity index is 955. The van der Waals surface area contributed by atoms with Gasteiger partial charge in [0.2, 0.25) is 0 Å². The quantitative estimate of drug-likeness (QED) is 0.589. The minimum absolute atomic E-state index is 0.320. The number of carbonyl (C=O) groups excluding carboxylic acids is 2. The summed E-state index contributed by atoms with van der Waals surface area (Å²) in [6.07, 6.45) is 0. The van der Waals surface area contributed by atoms with Gasteiger partial charge in [-0.3, -0.25) is 4.79 Å². The molecule has 0 aromatic heterocycles. The lowest BCUT2D eigenvalue weighted by molar-refractivity contribution is -0.149. The fourth-order valence-electron chi connectivity index (χ4n) is 2.64. The van der Waals surface area contributed by atoms with E-state index in [0.717, 1.165) is 11.1 Å². The molecule has 0 aliphatic rings. The van der Waals surface area contributed by atoms with Crippen molar-refractivity contribution >= 4 is 17.6 Å². The van der Waals surface area contributed by atoms with E-state index in [9.17, 15) is 9.59 Å². The molecule has 0 unspecified atom stereocenters. The average molecular weight is 391 g/mol. The molecule has 0 saturated carbocycles. The Kier molecular flexibility index (Phi) is 6.84. The molecule has 6 nitrogen and oxygen atoms in total. The van der Waals surface area contributed by atoms with Crippen LogP contribution in [0.2, 0.25) is 0 Å². The third kappa shape index (κ3) is 5.84. The van der Waals surface area contributed by atoms with Crippen LogP contribution in [0.25, 0.3) is 11.1 Å². The molecule has 3 aromatic carbocycles. The summed E-state index contributed by atoms with van der Waals surface area (Å²) < 4.78 is 15.4. The van der Waals surface area contributed by atoms with Crippen molar-refractivity contribution in [3.63, 3.8) is 0 Å². The van der Waals surface area contributed by atoms with Gasteiger partial charge >= 0.3 is 5.97 Å². The highest BCUT2D eigenvalue weighted by atomic mass is 16.6. The van der Waals surface area contributed by atoms with Gasteiger partial charge in [0.15, 0.2) is 24.7 Å². The number of nitrogens with one attached hydrogen (secondary N) is 1. The molecule has 0 aliphatic carbocycles. The molecular formula is C23H21NO5. The number of hydrogen-bond acceptors (Lipinski definition) is 5. The van der Waals surface area contributed by atoms with E-state index in [-0.39, 0.29) is 6.61 Å². The summed E-state index contributed by atoms with van der Waals surface area (Å²) in [4.78, 5) is 23.8. The Balaban J connectivity index is 1.44. The van der Waals surface area contributed by atoms with E-state index in [4.69, 9.17) is 14.2 Å². The molecule has 0 bridgehead atoms. The van der Waals surface area contributed by atoms with Crippen molar-refractivity contribution < 1.29 is 23.8 Å². The standard InChI is InChI=1S/C23H21NO5/c1-27-20-9-5-6-10-21(20)28-16-23(26)29-15-22(25)24-19-13-11-18(12-14-19)17-7-3-2-4-8-17/h2-14H,15-16H2,1H3,(H,24,25). The second-order valence-corrected chi connectivity index (χ2v) is 6.09. The van der Waals surface area contributed by atoms with Gasteiger partial charge in [-0.2, -0.15) is 0 Å². The molecule has 29 heavy (non-hydrogen) atoms. The Morgan fingerprint density at radius 1 is 0.759 bits per heavy atom. The van der Waals surface area contributed by atoms with Gasteiger partial charge in [-0.05, 0) is 35.4 Å². The van der Waals surface area contributed by atoms with E-state index >= 15 is 0 Å². The van der Waals surface area contributed by atoms with Gasteiger partial charge in [0.1, 0.15) is 0 Å². The van der Waals surface area contributed by atoms with Crippen molar-refractivity contribution in [3.05, 3.63) is 78.9 Å². The second-order valence-electron chi connectivity index (χ2n) is 6.09. The number of ether oxygens (including phenoxy) is 3. The first-order chi connectivity index (χ1) is 14.2. The molecule has 0 fully saturated rings. The topological polar surface area (TPSA) is 73.9 Å². The van der Waals surface area contributed by atoms with Gasteiger partial charge in [0, 0.05) is 5.69 Å². The Morgan fingerprint density at radius 3 is 2.07 bits per heavy atom. The highest BCUT2D eigenvalue weighted by Gasteiger charge is 2.11. The van der Waals surface area contributed by atoms with Crippen LogP contribution in [0.3, 0.4) is 0 Å². The molecular weight excluding hydrogens is 370 g/mol. The van der Waals surface area contributed by atoms with Gasteiger partial charge in [-0.1, -0.05) is 54.6 Å². The largest absolute Gasteiger partial charge is 0.493 e. The number of carbonyl (C=O) groups is 2. The van der Waals surface area contributed by atoms with E-state index in [1.165, 1.54) is 7.11 Å². The molecule has 0 atom stereocenters. The van der Waals surface area contributed by atoms with E-state index in [0.29, 0.717) is 17.2 Å². The van der Waals surface area contributed by atoms with Crippen LogP contribution in [-0.4, -0.2) is 32.2 Å². The van der Waals surface area contributed by atoms with Crippen molar-refractivity contribution in [3.8, 4) is 22.6 Å². The zero-order valence-electron chi connectivity index (χ0n) is 16.0. The summed E-state index contributed by atoms with van der Waals surface area (Å²) in [5.74, 6) is -0.138. The maximum Gasteiger partial charge on any atom is 0.344 e. The summed E-state index contributed by atoms with van der Waals surface area (Å²) in [6, 6.07) is 24.3. The number of amides is 1. The highest BCUT2D eigenvalue weighted by Crippen LogP contribution is 2.25. The molecule has 0 radical (unpaired) electrons. The van der Waals surface area contributed by atoms with E-state index in [1.54, 1.807) is 36.4 Å². The molecule has 1 N–H and O–H groups in total. The maximum absolute atomic E-state index is 12.0. The number of rotatable bonds is 8. The van der Waals surface area contributed by atoms with Crippen LogP contribution < -0.4 is 14.8 Å². The first-order valence-electron chi connectivity index (χ1n) is 9.02. The van der Waals surface area contributed by atoms with Crippen LogP contribution in [0.5, 0.6) is 11.5 Å². The normalized spacial score (nSPS) is 10.1. The number of benzene rings is 3. The summed E-state index contributed by atoms with van der Waals surface area (Å²) >= 11 is 0. The SMILES string of the molecule is COc1ccccc1OCC(=O)OCC(=O)Nc1ccc(-c2ccccc2)cc1. The maximum atomic E-state index is 12.0. The van der Waals surface area contributed by atoms with E-state index in [2.05, 4.69) is 5.32 Å². The molecule has 0 spiro atoms. The smallest absolute Gasteiger partial charge is 0.344 e. The summed E-state index contributed by atoms with van der Waals surface area (Å²) in [5.41, 5.74) is 2.76. The number of esters is 1. The minimum Gasteiger partial charge on any atom is -0.493 e. The molecule has 1 amide bonds. The van der Waals surface area contributed by atoms with Gasteiger partial charge in [0.05, 0.1) is 7.11 Å². The van der Waals surface area contributed by atoms with Gasteiger partial charge < -0.3 is 19.5 Å². The molecule has 3 rings (SSSR count). The third-order valence-corrected chi connectivity index (χ3v) is 4.05. The zero-order valence-corrected chi connectivity index (χ0v) is 16.0. The van der Waals surface area contributed by atoms with Crippen LogP contribution in [0.15, 0.2) is 78.9 Å². The first kappa shape index (κ1) is 19.9. The number of methoxy groups -OCH3 is 1. The summed E-state index contributed by atoms with van der Waals surface area (Å²) in [5, 5.41) is 2.69. The van der Waals surface area contributed by atoms with Crippen LogP contribution >= 0.6 is 0 Å². The van der Waals surface area contributed by atoms with Crippen molar-refractivity contribution in [2.45, 2.75) is 0 Å². The second kappa shape index (κ2) is 9.94. The van der Waals surface area contributed by atoms with Crippen LogP contribution in [0.4, 0.5) is 5.69 Å². The Morgan fingerprint density at radius 2 is 1.38 bits per heavy atom. The number of hydrogen-bond donors (Lipinski definition) is 1. The predicted molar refractivity (Wildman–Crippen MR) is 110 cm³/mol. The zero-order chi connectivity index (χ0) is 20.5. The summed E-state index contributed by atoms with van der Waals surface area (Å²) in [7, 11) is 1.51. The lowest BCUT2D eigenvalue weighted by atomic mass is 10.1. The molecule has 148 valence electrons. The molecule has 0 saturated heterocycles. The molecule has 3 aromatic rings. The first-order valence-corrected chi connectivity index (χ1v) is 9.02.